The fourth-order valence-electron chi connectivity index (χ4n) is 5.38. The van der Waals surface area contributed by atoms with Crippen LogP contribution in [0.25, 0.3) is 39.1 Å². The molecule has 0 aliphatic carbocycles. The van der Waals surface area contributed by atoms with Gasteiger partial charge in [-0.1, -0.05) is 72.3 Å². The van der Waals surface area contributed by atoms with E-state index in [4.69, 9.17) is 4.74 Å². The van der Waals surface area contributed by atoms with E-state index in [9.17, 15) is 14.9 Å². The van der Waals surface area contributed by atoms with Crippen molar-refractivity contribution in [1.29, 1.82) is 0 Å². The van der Waals surface area contributed by atoms with E-state index in [1.807, 2.05) is 67.6 Å². The highest BCUT2D eigenvalue weighted by molar-refractivity contribution is 6.10. The van der Waals surface area contributed by atoms with Crippen LogP contribution in [0.3, 0.4) is 0 Å². The number of nitrogens with zero attached hydrogens (tertiary/aromatic N) is 3. The molecule has 0 unspecified atom stereocenters. The van der Waals surface area contributed by atoms with Gasteiger partial charge in [0.25, 0.3) is 5.69 Å². The highest BCUT2D eigenvalue weighted by Gasteiger charge is 2.31. The number of hydrogen-bond acceptors (Lipinski definition) is 4. The highest BCUT2D eigenvalue weighted by Crippen LogP contribution is 2.43. The van der Waals surface area contributed by atoms with E-state index in [0.717, 1.165) is 38.9 Å². The third-order valence-electron chi connectivity index (χ3n) is 7.17. The predicted molar refractivity (Wildman–Crippen MR) is 157 cm³/mol. The molecule has 0 atom stereocenters. The maximum Gasteiger partial charge on any atom is 0.341 e. The SMILES string of the molecule is CCOC(=O)c1c(-c2ccc(C)cc2)c2n(Cc3ccccc3)c3ccccc3n2c1-c1ccc([N+](=O)[O-])cc1. The number of nitro groups is 1. The molecule has 0 fully saturated rings. The van der Waals surface area contributed by atoms with E-state index in [-0.39, 0.29) is 12.3 Å². The quantitative estimate of drug-likeness (QED) is 0.121. The number of carbonyl (C=O) groups is 1. The molecule has 6 aromatic rings. The minimum absolute atomic E-state index is 0.0144. The summed E-state index contributed by atoms with van der Waals surface area (Å²) >= 11 is 0. The molecule has 0 saturated heterocycles. The van der Waals surface area contributed by atoms with Gasteiger partial charge in [0.1, 0.15) is 5.65 Å². The summed E-state index contributed by atoms with van der Waals surface area (Å²) in [6.45, 7) is 4.62. The molecule has 0 aliphatic heterocycles. The first-order valence-corrected chi connectivity index (χ1v) is 13.2. The number of aromatic nitrogens is 2. The maximum atomic E-state index is 13.8. The molecular formula is C33H27N3O4. The second kappa shape index (κ2) is 10.2. The number of nitro benzene ring substituents is 1. The van der Waals surface area contributed by atoms with Gasteiger partial charge in [-0.2, -0.15) is 0 Å². The number of ether oxygens (including phenoxy) is 1. The van der Waals surface area contributed by atoms with Crippen molar-refractivity contribution in [3.63, 3.8) is 0 Å². The smallest absolute Gasteiger partial charge is 0.341 e. The second-order valence-corrected chi connectivity index (χ2v) is 9.71. The number of imidazole rings is 1. The van der Waals surface area contributed by atoms with E-state index in [1.54, 1.807) is 19.1 Å². The lowest BCUT2D eigenvalue weighted by Gasteiger charge is -2.11. The zero-order valence-electron chi connectivity index (χ0n) is 22.2. The normalized spacial score (nSPS) is 11.2. The molecule has 40 heavy (non-hydrogen) atoms. The maximum absolute atomic E-state index is 13.8. The van der Waals surface area contributed by atoms with Crippen molar-refractivity contribution in [2.45, 2.75) is 20.4 Å². The number of fused-ring (bicyclic) bond motifs is 3. The second-order valence-electron chi connectivity index (χ2n) is 9.71. The van der Waals surface area contributed by atoms with Gasteiger partial charge in [0, 0.05) is 24.2 Å². The Bertz CT molecular complexity index is 1870. The van der Waals surface area contributed by atoms with Gasteiger partial charge in [-0.05, 0) is 54.8 Å². The molecule has 4 aromatic carbocycles. The first-order valence-electron chi connectivity index (χ1n) is 13.2. The fourth-order valence-corrected chi connectivity index (χ4v) is 5.38. The Kier molecular flexibility index (Phi) is 6.40. The third-order valence-corrected chi connectivity index (χ3v) is 7.17. The molecule has 2 heterocycles. The molecule has 7 heteroatoms. The first kappa shape index (κ1) is 25.1. The van der Waals surface area contributed by atoms with Gasteiger partial charge in [0.05, 0.1) is 33.8 Å². The Morgan fingerprint density at radius 3 is 2.10 bits per heavy atom. The van der Waals surface area contributed by atoms with Gasteiger partial charge in [0.15, 0.2) is 0 Å². The van der Waals surface area contributed by atoms with Crippen molar-refractivity contribution in [3.05, 3.63) is 130 Å². The Labute approximate surface area is 231 Å². The van der Waals surface area contributed by atoms with Gasteiger partial charge in [-0.3, -0.25) is 14.5 Å². The van der Waals surface area contributed by atoms with E-state index in [0.29, 0.717) is 23.4 Å². The summed E-state index contributed by atoms with van der Waals surface area (Å²) in [6.07, 6.45) is 0. The Morgan fingerprint density at radius 1 is 0.825 bits per heavy atom. The van der Waals surface area contributed by atoms with Gasteiger partial charge < -0.3 is 9.30 Å². The predicted octanol–water partition coefficient (Wildman–Crippen LogP) is 7.67. The Hall–Kier alpha value is -5.17. The molecular weight excluding hydrogens is 502 g/mol. The Morgan fingerprint density at radius 2 is 1.45 bits per heavy atom. The van der Waals surface area contributed by atoms with Gasteiger partial charge in [-0.15, -0.1) is 0 Å². The van der Waals surface area contributed by atoms with Crippen LogP contribution in [-0.4, -0.2) is 26.5 Å². The van der Waals surface area contributed by atoms with E-state index < -0.39 is 10.9 Å². The minimum atomic E-state index is -0.439. The molecule has 0 bridgehead atoms. The average molecular weight is 530 g/mol. The van der Waals surface area contributed by atoms with Crippen molar-refractivity contribution in [1.82, 2.24) is 8.97 Å². The lowest BCUT2D eigenvalue weighted by molar-refractivity contribution is -0.384. The summed E-state index contributed by atoms with van der Waals surface area (Å²) in [7, 11) is 0. The summed E-state index contributed by atoms with van der Waals surface area (Å²) in [6, 6.07) is 32.7. The molecule has 0 amide bonds. The summed E-state index contributed by atoms with van der Waals surface area (Å²) in [5.41, 5.74) is 8.40. The van der Waals surface area contributed by atoms with E-state index in [1.165, 1.54) is 12.1 Å². The van der Waals surface area contributed by atoms with E-state index >= 15 is 0 Å². The molecule has 0 N–H and O–H groups in total. The lowest BCUT2D eigenvalue weighted by atomic mass is 9.98. The molecule has 198 valence electrons. The summed E-state index contributed by atoms with van der Waals surface area (Å²) < 4.78 is 9.97. The molecule has 6 rings (SSSR count). The summed E-state index contributed by atoms with van der Waals surface area (Å²) in [4.78, 5) is 24.8. The van der Waals surface area contributed by atoms with Crippen molar-refractivity contribution in [2.24, 2.45) is 0 Å². The van der Waals surface area contributed by atoms with Gasteiger partial charge in [0.2, 0.25) is 0 Å². The van der Waals surface area contributed by atoms with Gasteiger partial charge in [-0.25, -0.2) is 4.79 Å². The van der Waals surface area contributed by atoms with Crippen LogP contribution >= 0.6 is 0 Å². The lowest BCUT2D eigenvalue weighted by Crippen LogP contribution is -2.08. The van der Waals surface area contributed by atoms with Crippen molar-refractivity contribution >= 4 is 28.3 Å². The first-order chi connectivity index (χ1) is 19.5. The number of aryl methyl sites for hydroxylation is 1. The molecule has 0 aliphatic rings. The van der Waals surface area contributed by atoms with Crippen LogP contribution in [0.1, 0.15) is 28.4 Å². The van der Waals surface area contributed by atoms with Crippen LogP contribution in [0.4, 0.5) is 5.69 Å². The number of para-hydroxylation sites is 2. The molecule has 0 saturated carbocycles. The zero-order valence-corrected chi connectivity index (χ0v) is 22.2. The van der Waals surface area contributed by atoms with Crippen LogP contribution in [0.5, 0.6) is 0 Å². The van der Waals surface area contributed by atoms with Gasteiger partial charge >= 0.3 is 5.97 Å². The standard InChI is InChI=1S/C33H27N3O4/c1-3-40-33(37)30-29(24-15-13-22(2)14-16-24)32-34(21-23-9-5-4-6-10-23)27-11-7-8-12-28(27)35(32)31(30)25-17-19-26(20-18-25)36(38)39/h4-20H,3,21H2,1-2H3. The number of benzene rings is 4. The van der Waals surface area contributed by atoms with Crippen molar-refractivity contribution < 1.29 is 14.5 Å². The van der Waals surface area contributed by atoms with Crippen LogP contribution in [0.2, 0.25) is 0 Å². The Balaban J connectivity index is 1.79. The molecule has 7 nitrogen and oxygen atoms in total. The van der Waals surface area contributed by atoms with E-state index in [2.05, 4.69) is 27.2 Å². The number of carbonyl (C=O) groups excluding carboxylic acids is 1. The number of esters is 1. The minimum Gasteiger partial charge on any atom is -0.462 e. The number of rotatable bonds is 7. The third kappa shape index (κ3) is 4.22. The topological polar surface area (TPSA) is 78.8 Å². The molecule has 2 aromatic heterocycles. The molecule has 0 spiro atoms. The van der Waals surface area contributed by atoms with Crippen LogP contribution in [0.15, 0.2) is 103 Å². The largest absolute Gasteiger partial charge is 0.462 e. The van der Waals surface area contributed by atoms with Crippen molar-refractivity contribution in [3.8, 4) is 22.4 Å². The van der Waals surface area contributed by atoms with Crippen LogP contribution < -0.4 is 0 Å². The highest BCUT2D eigenvalue weighted by atomic mass is 16.6. The number of hydrogen-bond donors (Lipinski definition) is 0. The summed E-state index contributed by atoms with van der Waals surface area (Å²) in [5.74, 6) is -0.439. The summed E-state index contributed by atoms with van der Waals surface area (Å²) in [5, 5.41) is 11.4. The monoisotopic (exact) mass is 529 g/mol. The van der Waals surface area contributed by atoms with Crippen molar-refractivity contribution in [2.75, 3.05) is 6.61 Å². The fraction of sp³-hybridized carbons (Fsp3) is 0.121. The average Bonchev–Trinajstić information content (AvgIpc) is 3.48. The molecule has 0 radical (unpaired) electrons. The number of non-ortho nitro benzene ring substituents is 1. The van der Waals surface area contributed by atoms with Crippen LogP contribution in [-0.2, 0) is 11.3 Å². The van der Waals surface area contributed by atoms with Crippen LogP contribution in [0, 0.1) is 17.0 Å². The zero-order chi connectivity index (χ0) is 27.8.